The van der Waals surface area contributed by atoms with Gasteiger partial charge in [-0.05, 0) is 50.0 Å². The Labute approximate surface area is 105 Å². The highest BCUT2D eigenvalue weighted by atomic mass is 79.9. The van der Waals surface area contributed by atoms with Gasteiger partial charge < -0.3 is 4.90 Å². The van der Waals surface area contributed by atoms with E-state index in [0.717, 1.165) is 15.9 Å². The van der Waals surface area contributed by atoms with Gasteiger partial charge in [-0.3, -0.25) is 0 Å². The summed E-state index contributed by atoms with van der Waals surface area (Å²) in [6, 6.07) is 6.05. The van der Waals surface area contributed by atoms with Crippen LogP contribution in [-0.2, 0) is 6.42 Å². The van der Waals surface area contributed by atoms with Gasteiger partial charge in [0.05, 0.1) is 0 Å². The molecule has 0 saturated carbocycles. The summed E-state index contributed by atoms with van der Waals surface area (Å²) in [6.45, 7) is 3.71. The van der Waals surface area contributed by atoms with Gasteiger partial charge >= 0.3 is 0 Å². The zero-order valence-corrected chi connectivity index (χ0v) is 11.0. The van der Waals surface area contributed by atoms with Crippen molar-refractivity contribution in [1.82, 2.24) is 4.90 Å². The molecule has 1 aromatic carbocycles. The van der Waals surface area contributed by atoms with Crippen LogP contribution in [0.25, 0.3) is 0 Å². The fraction of sp³-hybridized carbons (Fsp3) is 0.500. The Kier molecular flexibility index (Phi) is 4.06. The molecule has 0 aliphatic carbocycles. The summed E-state index contributed by atoms with van der Waals surface area (Å²) in [5.74, 6) is 0. The number of hydrogen-bond donors (Lipinski definition) is 0. The number of nitrogens with zero attached hydrogens (tertiary/aromatic N) is 1. The van der Waals surface area contributed by atoms with Gasteiger partial charge in [-0.15, -0.1) is 0 Å². The van der Waals surface area contributed by atoms with Crippen molar-refractivity contribution in [3.8, 4) is 0 Å². The van der Waals surface area contributed by atoms with Crippen molar-refractivity contribution in [1.29, 1.82) is 0 Å². The fourth-order valence-electron chi connectivity index (χ4n) is 2.01. The Hall–Kier alpha value is -0.0500. The fourth-order valence-corrected chi connectivity index (χ4v) is 2.89. The van der Waals surface area contributed by atoms with Crippen LogP contribution in [-0.4, -0.2) is 24.5 Å². The molecule has 1 heterocycles. The van der Waals surface area contributed by atoms with Crippen molar-refractivity contribution >= 4 is 27.5 Å². The van der Waals surface area contributed by atoms with Crippen molar-refractivity contribution in [3.63, 3.8) is 0 Å². The Morgan fingerprint density at radius 3 is 2.67 bits per heavy atom. The summed E-state index contributed by atoms with van der Waals surface area (Å²) in [5.41, 5.74) is 1.35. The van der Waals surface area contributed by atoms with E-state index >= 15 is 0 Å². The molecule has 1 aliphatic rings. The lowest BCUT2D eigenvalue weighted by Gasteiger charge is -2.14. The Balaban J connectivity index is 1.92. The van der Waals surface area contributed by atoms with Gasteiger partial charge in [0.1, 0.15) is 0 Å². The number of hydrogen-bond acceptors (Lipinski definition) is 1. The predicted octanol–water partition coefficient (Wildman–Crippen LogP) is 3.74. The Morgan fingerprint density at radius 1 is 1.27 bits per heavy atom. The first-order valence-electron chi connectivity index (χ1n) is 5.42. The molecular weight excluding hydrogens is 273 g/mol. The van der Waals surface area contributed by atoms with Crippen LogP contribution in [0.15, 0.2) is 22.7 Å². The highest BCUT2D eigenvalue weighted by Crippen LogP contribution is 2.22. The maximum Gasteiger partial charge on any atom is 0.0417 e. The molecule has 0 radical (unpaired) electrons. The minimum Gasteiger partial charge on any atom is -0.303 e. The number of benzene rings is 1. The summed E-state index contributed by atoms with van der Waals surface area (Å²) in [6.07, 6.45) is 3.83. The van der Waals surface area contributed by atoms with Crippen molar-refractivity contribution in [2.24, 2.45) is 0 Å². The molecule has 1 saturated heterocycles. The molecule has 0 amide bonds. The van der Waals surface area contributed by atoms with Crippen molar-refractivity contribution in [2.75, 3.05) is 19.6 Å². The topological polar surface area (TPSA) is 3.24 Å². The highest BCUT2D eigenvalue weighted by Gasteiger charge is 2.11. The normalized spacial score (nSPS) is 17.2. The lowest BCUT2D eigenvalue weighted by molar-refractivity contribution is 0.343. The molecule has 0 unspecified atom stereocenters. The van der Waals surface area contributed by atoms with Crippen LogP contribution in [0.2, 0.25) is 5.02 Å². The summed E-state index contributed by atoms with van der Waals surface area (Å²) in [4.78, 5) is 2.53. The van der Waals surface area contributed by atoms with Crippen LogP contribution in [0, 0.1) is 0 Å². The van der Waals surface area contributed by atoms with Crippen LogP contribution < -0.4 is 0 Å². The molecule has 3 heteroatoms. The van der Waals surface area contributed by atoms with E-state index in [0.29, 0.717) is 0 Å². The molecule has 1 aliphatic heterocycles. The van der Waals surface area contributed by atoms with E-state index < -0.39 is 0 Å². The van der Waals surface area contributed by atoms with E-state index in [1.54, 1.807) is 0 Å². The van der Waals surface area contributed by atoms with E-state index in [1.165, 1.54) is 38.0 Å². The van der Waals surface area contributed by atoms with E-state index in [4.69, 9.17) is 11.6 Å². The maximum absolute atomic E-state index is 5.90. The lowest BCUT2D eigenvalue weighted by Crippen LogP contribution is -2.22. The molecular formula is C12H15BrClN. The van der Waals surface area contributed by atoms with Gasteiger partial charge in [-0.25, -0.2) is 0 Å². The first-order chi connectivity index (χ1) is 7.25. The maximum atomic E-state index is 5.90. The summed E-state index contributed by atoms with van der Waals surface area (Å²) in [7, 11) is 0. The van der Waals surface area contributed by atoms with Crippen molar-refractivity contribution < 1.29 is 0 Å². The van der Waals surface area contributed by atoms with Gasteiger partial charge in [0, 0.05) is 16.0 Å². The van der Waals surface area contributed by atoms with Crippen molar-refractivity contribution in [3.05, 3.63) is 33.3 Å². The summed E-state index contributed by atoms with van der Waals surface area (Å²) < 4.78 is 1.13. The summed E-state index contributed by atoms with van der Waals surface area (Å²) >= 11 is 9.46. The van der Waals surface area contributed by atoms with Crippen LogP contribution >= 0.6 is 27.5 Å². The highest BCUT2D eigenvalue weighted by molar-refractivity contribution is 9.10. The second-order valence-electron chi connectivity index (χ2n) is 4.03. The monoisotopic (exact) mass is 287 g/mol. The van der Waals surface area contributed by atoms with Crippen LogP contribution in [0.5, 0.6) is 0 Å². The zero-order chi connectivity index (χ0) is 10.7. The standard InChI is InChI=1S/C12H15BrClN/c13-12-9-11(14)4-3-10(12)5-8-15-6-1-2-7-15/h3-4,9H,1-2,5-8H2. The molecule has 0 bridgehead atoms. The van der Waals surface area contributed by atoms with Gasteiger partial charge in [0.2, 0.25) is 0 Å². The first-order valence-corrected chi connectivity index (χ1v) is 6.59. The van der Waals surface area contributed by atoms with Crippen LogP contribution in [0.1, 0.15) is 18.4 Å². The summed E-state index contributed by atoms with van der Waals surface area (Å²) in [5, 5.41) is 0.798. The third-order valence-corrected chi connectivity index (χ3v) is 3.88. The third kappa shape index (κ3) is 3.20. The molecule has 82 valence electrons. The van der Waals surface area contributed by atoms with E-state index in [2.05, 4.69) is 26.9 Å². The number of likely N-dealkylation sites (tertiary alicyclic amines) is 1. The SMILES string of the molecule is Clc1ccc(CCN2CCCC2)c(Br)c1. The minimum atomic E-state index is 0.798. The van der Waals surface area contributed by atoms with Gasteiger partial charge in [-0.1, -0.05) is 33.6 Å². The molecule has 2 rings (SSSR count). The van der Waals surface area contributed by atoms with Gasteiger partial charge in [0.15, 0.2) is 0 Å². The average molecular weight is 289 g/mol. The molecule has 1 aromatic rings. The largest absolute Gasteiger partial charge is 0.303 e. The van der Waals surface area contributed by atoms with Gasteiger partial charge in [0.25, 0.3) is 0 Å². The molecule has 0 N–H and O–H groups in total. The predicted molar refractivity (Wildman–Crippen MR) is 68.5 cm³/mol. The smallest absolute Gasteiger partial charge is 0.0417 e. The van der Waals surface area contributed by atoms with Gasteiger partial charge in [-0.2, -0.15) is 0 Å². The molecule has 1 nitrogen and oxygen atoms in total. The quantitative estimate of drug-likeness (QED) is 0.819. The zero-order valence-electron chi connectivity index (χ0n) is 8.68. The number of halogens is 2. The van der Waals surface area contributed by atoms with E-state index in [1.807, 2.05) is 12.1 Å². The first kappa shape index (κ1) is 11.4. The lowest BCUT2D eigenvalue weighted by atomic mass is 10.1. The van der Waals surface area contributed by atoms with E-state index in [-0.39, 0.29) is 0 Å². The average Bonchev–Trinajstić information content (AvgIpc) is 2.69. The minimum absolute atomic E-state index is 0.798. The second kappa shape index (κ2) is 5.33. The Morgan fingerprint density at radius 2 is 2.00 bits per heavy atom. The van der Waals surface area contributed by atoms with Crippen LogP contribution in [0.4, 0.5) is 0 Å². The third-order valence-electron chi connectivity index (χ3n) is 2.91. The number of rotatable bonds is 3. The molecule has 0 spiro atoms. The second-order valence-corrected chi connectivity index (χ2v) is 5.33. The molecule has 0 atom stereocenters. The van der Waals surface area contributed by atoms with Crippen molar-refractivity contribution in [2.45, 2.75) is 19.3 Å². The Bertz CT molecular complexity index is 334. The molecule has 0 aromatic heterocycles. The van der Waals surface area contributed by atoms with Crippen LogP contribution in [0.3, 0.4) is 0 Å². The molecule has 15 heavy (non-hydrogen) atoms. The molecule has 1 fully saturated rings. The van der Waals surface area contributed by atoms with E-state index in [9.17, 15) is 0 Å².